The standard InChI is InChI=1S/C20H21N3O/c1-22-14-18(17-6-2-3-7-19(17)22)20(24)21-15-8-10-16(11-9-15)23-12-4-5-13-23/h2-3,6-11,14H,4-5,12-13H2,1H3,(H,21,24). The predicted octanol–water partition coefficient (Wildman–Crippen LogP) is 4.03. The molecule has 3 aromatic rings. The van der Waals surface area contributed by atoms with Crippen molar-refractivity contribution in [3.63, 3.8) is 0 Å². The fourth-order valence-electron chi connectivity index (χ4n) is 3.45. The summed E-state index contributed by atoms with van der Waals surface area (Å²) < 4.78 is 1.99. The second kappa shape index (κ2) is 6.04. The van der Waals surface area contributed by atoms with Gasteiger partial charge in [-0.1, -0.05) is 18.2 Å². The lowest BCUT2D eigenvalue weighted by atomic mass is 10.1. The van der Waals surface area contributed by atoms with Gasteiger partial charge < -0.3 is 14.8 Å². The number of amides is 1. The van der Waals surface area contributed by atoms with Gasteiger partial charge in [-0.3, -0.25) is 4.79 Å². The third-order valence-electron chi connectivity index (χ3n) is 4.74. The Labute approximate surface area is 141 Å². The molecule has 4 nitrogen and oxygen atoms in total. The van der Waals surface area contributed by atoms with Crippen molar-refractivity contribution < 1.29 is 4.79 Å². The summed E-state index contributed by atoms with van der Waals surface area (Å²) >= 11 is 0. The zero-order valence-electron chi connectivity index (χ0n) is 13.8. The molecule has 1 aliphatic rings. The van der Waals surface area contributed by atoms with E-state index in [1.165, 1.54) is 18.5 Å². The van der Waals surface area contributed by atoms with Gasteiger partial charge in [0.25, 0.3) is 5.91 Å². The van der Waals surface area contributed by atoms with E-state index in [0.29, 0.717) is 5.56 Å². The number of aryl methyl sites for hydroxylation is 1. The second-order valence-corrected chi connectivity index (χ2v) is 6.37. The van der Waals surface area contributed by atoms with Gasteiger partial charge in [-0.2, -0.15) is 0 Å². The molecule has 0 unspecified atom stereocenters. The van der Waals surface area contributed by atoms with Gasteiger partial charge in [0.15, 0.2) is 0 Å². The first-order valence-electron chi connectivity index (χ1n) is 8.43. The molecule has 4 rings (SSSR count). The maximum absolute atomic E-state index is 12.6. The van der Waals surface area contributed by atoms with Crippen molar-refractivity contribution in [2.24, 2.45) is 7.05 Å². The fraction of sp³-hybridized carbons (Fsp3) is 0.250. The summed E-state index contributed by atoms with van der Waals surface area (Å²) in [6, 6.07) is 16.1. The number of carbonyl (C=O) groups excluding carboxylic acids is 1. The number of anilines is 2. The number of nitrogens with one attached hydrogen (secondary N) is 1. The van der Waals surface area contributed by atoms with Gasteiger partial charge in [-0.05, 0) is 43.2 Å². The van der Waals surface area contributed by atoms with Gasteiger partial charge in [0.2, 0.25) is 0 Å². The lowest BCUT2D eigenvalue weighted by Crippen LogP contribution is -2.17. The van der Waals surface area contributed by atoms with Crippen LogP contribution in [0.15, 0.2) is 54.7 Å². The van der Waals surface area contributed by atoms with E-state index in [-0.39, 0.29) is 5.91 Å². The van der Waals surface area contributed by atoms with Crippen molar-refractivity contribution in [2.75, 3.05) is 23.3 Å². The maximum atomic E-state index is 12.6. The Balaban J connectivity index is 1.55. The van der Waals surface area contributed by atoms with Crippen LogP contribution < -0.4 is 10.2 Å². The lowest BCUT2D eigenvalue weighted by Gasteiger charge is -2.17. The monoisotopic (exact) mass is 319 g/mol. The van der Waals surface area contributed by atoms with Crippen molar-refractivity contribution in [2.45, 2.75) is 12.8 Å². The first-order valence-corrected chi connectivity index (χ1v) is 8.43. The number of carbonyl (C=O) groups is 1. The van der Waals surface area contributed by atoms with Gasteiger partial charge in [0.05, 0.1) is 5.56 Å². The molecule has 2 heterocycles. The van der Waals surface area contributed by atoms with Crippen LogP contribution in [-0.4, -0.2) is 23.6 Å². The third-order valence-corrected chi connectivity index (χ3v) is 4.74. The quantitative estimate of drug-likeness (QED) is 0.791. The predicted molar refractivity (Wildman–Crippen MR) is 98.8 cm³/mol. The lowest BCUT2D eigenvalue weighted by molar-refractivity contribution is 0.102. The van der Waals surface area contributed by atoms with Crippen molar-refractivity contribution in [3.8, 4) is 0 Å². The normalized spacial score (nSPS) is 14.3. The van der Waals surface area contributed by atoms with Gasteiger partial charge in [0.1, 0.15) is 0 Å². The molecule has 4 heteroatoms. The molecule has 1 amide bonds. The van der Waals surface area contributed by atoms with E-state index in [2.05, 4.69) is 22.3 Å². The number of para-hydroxylation sites is 1. The van der Waals surface area contributed by atoms with E-state index in [4.69, 9.17) is 0 Å². The van der Waals surface area contributed by atoms with Crippen LogP contribution in [0.5, 0.6) is 0 Å². The molecule has 122 valence electrons. The summed E-state index contributed by atoms with van der Waals surface area (Å²) in [6.45, 7) is 2.25. The molecule has 24 heavy (non-hydrogen) atoms. The van der Waals surface area contributed by atoms with Gasteiger partial charge >= 0.3 is 0 Å². The van der Waals surface area contributed by atoms with Crippen LogP contribution in [0, 0.1) is 0 Å². The Morgan fingerprint density at radius 2 is 1.71 bits per heavy atom. The summed E-state index contributed by atoms with van der Waals surface area (Å²) in [5, 5.41) is 3.99. The van der Waals surface area contributed by atoms with Crippen LogP contribution in [0.4, 0.5) is 11.4 Å². The summed E-state index contributed by atoms with van der Waals surface area (Å²) in [5.41, 5.74) is 3.83. The number of hydrogen-bond acceptors (Lipinski definition) is 2. The summed E-state index contributed by atoms with van der Waals surface area (Å²) in [6.07, 6.45) is 4.41. The molecule has 0 atom stereocenters. The second-order valence-electron chi connectivity index (χ2n) is 6.37. The molecule has 2 aromatic carbocycles. The smallest absolute Gasteiger partial charge is 0.257 e. The fourth-order valence-corrected chi connectivity index (χ4v) is 3.45. The molecule has 1 fully saturated rings. The Bertz CT molecular complexity index is 874. The van der Waals surface area contributed by atoms with Crippen LogP contribution in [0.2, 0.25) is 0 Å². The molecule has 1 aliphatic heterocycles. The van der Waals surface area contributed by atoms with Crippen LogP contribution in [0.1, 0.15) is 23.2 Å². The van der Waals surface area contributed by atoms with E-state index in [1.54, 1.807) is 0 Å². The SMILES string of the molecule is Cn1cc(C(=O)Nc2ccc(N3CCCC3)cc2)c2ccccc21. The molecule has 0 saturated carbocycles. The molecule has 1 N–H and O–H groups in total. The molecule has 1 saturated heterocycles. The number of aromatic nitrogens is 1. The minimum atomic E-state index is -0.0688. The molecule has 0 radical (unpaired) electrons. The largest absolute Gasteiger partial charge is 0.372 e. The molecule has 0 aliphatic carbocycles. The molecule has 0 bridgehead atoms. The van der Waals surface area contributed by atoms with Gasteiger partial charge in [-0.15, -0.1) is 0 Å². The van der Waals surface area contributed by atoms with Crippen LogP contribution in [0.25, 0.3) is 10.9 Å². The molecule has 1 aromatic heterocycles. The number of hydrogen-bond donors (Lipinski definition) is 1. The molecular formula is C20H21N3O. The van der Waals surface area contributed by atoms with Gasteiger partial charge in [0, 0.05) is 48.6 Å². The zero-order valence-corrected chi connectivity index (χ0v) is 13.8. The van der Waals surface area contributed by atoms with Crippen molar-refractivity contribution >= 4 is 28.2 Å². The highest BCUT2D eigenvalue weighted by Gasteiger charge is 2.15. The highest BCUT2D eigenvalue weighted by molar-refractivity contribution is 6.13. The molecule has 0 spiro atoms. The maximum Gasteiger partial charge on any atom is 0.257 e. The Morgan fingerprint density at radius 3 is 2.46 bits per heavy atom. The summed E-state index contributed by atoms with van der Waals surface area (Å²) in [5.74, 6) is -0.0688. The zero-order chi connectivity index (χ0) is 16.5. The van der Waals surface area contributed by atoms with Crippen molar-refractivity contribution in [1.82, 2.24) is 4.57 Å². The topological polar surface area (TPSA) is 37.3 Å². The van der Waals surface area contributed by atoms with E-state index < -0.39 is 0 Å². The number of rotatable bonds is 3. The first-order chi connectivity index (χ1) is 11.7. The van der Waals surface area contributed by atoms with Crippen molar-refractivity contribution in [3.05, 3.63) is 60.3 Å². The van der Waals surface area contributed by atoms with E-state index in [1.807, 2.05) is 54.2 Å². The number of nitrogens with zero attached hydrogens (tertiary/aromatic N) is 2. The Hall–Kier alpha value is -2.75. The van der Waals surface area contributed by atoms with E-state index >= 15 is 0 Å². The highest BCUT2D eigenvalue weighted by atomic mass is 16.1. The Morgan fingerprint density at radius 1 is 1.00 bits per heavy atom. The molecular weight excluding hydrogens is 298 g/mol. The minimum Gasteiger partial charge on any atom is -0.372 e. The summed E-state index contributed by atoms with van der Waals surface area (Å²) in [7, 11) is 1.96. The minimum absolute atomic E-state index is 0.0688. The highest BCUT2D eigenvalue weighted by Crippen LogP contribution is 2.24. The average molecular weight is 319 g/mol. The number of fused-ring (bicyclic) bond motifs is 1. The van der Waals surface area contributed by atoms with Crippen molar-refractivity contribution in [1.29, 1.82) is 0 Å². The third kappa shape index (κ3) is 2.64. The average Bonchev–Trinajstić information content (AvgIpc) is 3.25. The first kappa shape index (κ1) is 14.8. The van der Waals surface area contributed by atoms with Crippen LogP contribution in [0.3, 0.4) is 0 Å². The van der Waals surface area contributed by atoms with Crippen LogP contribution in [-0.2, 0) is 7.05 Å². The van der Waals surface area contributed by atoms with Gasteiger partial charge in [-0.25, -0.2) is 0 Å². The number of benzene rings is 2. The van der Waals surface area contributed by atoms with E-state index in [0.717, 1.165) is 29.7 Å². The van der Waals surface area contributed by atoms with E-state index in [9.17, 15) is 4.79 Å². The van der Waals surface area contributed by atoms with Crippen LogP contribution >= 0.6 is 0 Å². The Kier molecular flexibility index (Phi) is 3.73. The summed E-state index contributed by atoms with van der Waals surface area (Å²) in [4.78, 5) is 15.0.